The number of carbonyl (C=O) groups is 5. The Morgan fingerprint density at radius 1 is 0.703 bits per heavy atom. The summed E-state index contributed by atoms with van der Waals surface area (Å²) in [7, 11) is 0. The maximum Gasteiger partial charge on any atom is 0.294 e. The van der Waals surface area contributed by atoms with Crippen LogP contribution in [0.3, 0.4) is 0 Å². The van der Waals surface area contributed by atoms with Crippen LogP contribution in [-0.2, 0) is 0 Å². The van der Waals surface area contributed by atoms with Gasteiger partial charge in [0.2, 0.25) is 0 Å². The van der Waals surface area contributed by atoms with Crippen molar-refractivity contribution < 1.29 is 52.5 Å². The van der Waals surface area contributed by atoms with Crippen LogP contribution in [0.1, 0.15) is 97.9 Å². The molecular weight excluding hydrogens is 488 g/mol. The van der Waals surface area contributed by atoms with Gasteiger partial charge in [0.1, 0.15) is 22.5 Å². The van der Waals surface area contributed by atoms with Crippen LogP contribution >= 0.6 is 0 Å². The lowest BCUT2D eigenvalue weighted by atomic mass is 10.1. The molecule has 11 heteroatoms. The van der Waals surface area contributed by atoms with Crippen molar-refractivity contribution in [2.45, 2.75) is 34.6 Å². The number of carbonyl (C=O) groups excluding carboxylic acids is 5. The molecule has 3 rings (SSSR count). The summed E-state index contributed by atoms with van der Waals surface area (Å²) < 4.78 is 14.0. The summed E-state index contributed by atoms with van der Waals surface area (Å²) in [5.41, 5.74) is 0.633. The Morgan fingerprint density at radius 2 is 1.22 bits per heavy atom. The molecular formula is C26H26O11. The predicted molar refractivity (Wildman–Crippen MR) is 131 cm³/mol. The molecule has 37 heavy (non-hydrogen) atoms. The van der Waals surface area contributed by atoms with Crippen LogP contribution in [-0.4, -0.2) is 45.2 Å². The zero-order valence-corrected chi connectivity index (χ0v) is 20.7. The highest BCUT2D eigenvalue weighted by molar-refractivity contribution is 6.06. The van der Waals surface area contributed by atoms with Gasteiger partial charge < -0.3 is 28.6 Å². The topological polar surface area (TPSA) is 185 Å². The number of aromatic hydroxyl groups is 3. The minimum absolute atomic E-state index is 0.193. The number of furan rings is 3. The van der Waals surface area contributed by atoms with Crippen molar-refractivity contribution in [3.05, 3.63) is 63.8 Å². The molecule has 0 aliphatic carbocycles. The van der Waals surface area contributed by atoms with Crippen molar-refractivity contribution in [2.24, 2.45) is 0 Å². The fourth-order valence-electron chi connectivity index (χ4n) is 2.96. The maximum absolute atomic E-state index is 11.3. The monoisotopic (exact) mass is 514 g/mol. The number of ketones is 3. The van der Waals surface area contributed by atoms with Crippen LogP contribution < -0.4 is 0 Å². The molecule has 11 nitrogen and oxygen atoms in total. The molecule has 3 aromatic rings. The van der Waals surface area contributed by atoms with E-state index < -0.39 is 11.7 Å². The Bertz CT molecular complexity index is 1340. The van der Waals surface area contributed by atoms with Gasteiger partial charge in [-0.2, -0.15) is 0 Å². The molecule has 3 heterocycles. The normalized spacial score (nSPS) is 10.4. The second-order valence-corrected chi connectivity index (χ2v) is 7.16. The third-order valence-electron chi connectivity index (χ3n) is 4.52. The van der Waals surface area contributed by atoms with Gasteiger partial charge in [0, 0.05) is 5.56 Å². The number of rotatable bonds is 7. The highest BCUT2D eigenvalue weighted by atomic mass is 16.5. The summed E-state index contributed by atoms with van der Waals surface area (Å²) in [5.74, 6) is -2.09. The molecule has 0 saturated carbocycles. The van der Waals surface area contributed by atoms with E-state index >= 15 is 0 Å². The lowest BCUT2D eigenvalue weighted by Gasteiger charge is -1.93. The predicted octanol–water partition coefficient (Wildman–Crippen LogP) is 5.25. The van der Waals surface area contributed by atoms with Crippen LogP contribution in [0.4, 0.5) is 0 Å². The summed E-state index contributed by atoms with van der Waals surface area (Å²) in [6.07, 6.45) is 8.86. The Hall–Kier alpha value is -4.93. The number of aldehydes is 2. The third-order valence-corrected chi connectivity index (χ3v) is 4.52. The van der Waals surface area contributed by atoms with Gasteiger partial charge in [-0.05, 0) is 46.8 Å². The van der Waals surface area contributed by atoms with Gasteiger partial charge in [0.15, 0.2) is 35.7 Å². The molecule has 0 aliphatic rings. The van der Waals surface area contributed by atoms with E-state index in [4.69, 9.17) is 14.6 Å². The van der Waals surface area contributed by atoms with Crippen LogP contribution in [0.25, 0.3) is 12.2 Å². The fraction of sp³-hybridized carbons (Fsp3) is 0.192. The number of hydrogen-bond donors (Lipinski definition) is 3. The quantitative estimate of drug-likeness (QED) is 0.276. The molecule has 3 aromatic heterocycles. The summed E-state index contributed by atoms with van der Waals surface area (Å²) in [4.78, 5) is 53.4. The van der Waals surface area contributed by atoms with Crippen molar-refractivity contribution >= 4 is 42.1 Å². The van der Waals surface area contributed by atoms with Crippen LogP contribution in [0.15, 0.2) is 37.7 Å². The minimum atomic E-state index is -0.698. The molecule has 0 atom stereocenters. The Labute approximate surface area is 211 Å². The van der Waals surface area contributed by atoms with Gasteiger partial charge in [0.25, 0.3) is 17.8 Å². The Balaban J connectivity index is 0.000000286. The first-order chi connectivity index (χ1) is 17.4. The maximum atomic E-state index is 11.3. The SMILES string of the molecule is C/C=C/c1oc(O)c(C(C)=O)c1/C=C/C.CC(=O)c1c(O)oc(C=O)c1C=O.CC(=O)c1ccoc1O. The van der Waals surface area contributed by atoms with Crippen molar-refractivity contribution in [2.75, 3.05) is 0 Å². The van der Waals surface area contributed by atoms with Crippen LogP contribution in [0, 0.1) is 0 Å². The average Bonchev–Trinajstić information content (AvgIpc) is 3.49. The second-order valence-electron chi connectivity index (χ2n) is 7.16. The first-order valence-electron chi connectivity index (χ1n) is 10.6. The lowest BCUT2D eigenvalue weighted by molar-refractivity contribution is 0.0996. The Morgan fingerprint density at radius 3 is 1.57 bits per heavy atom. The zero-order valence-electron chi connectivity index (χ0n) is 20.7. The summed E-state index contributed by atoms with van der Waals surface area (Å²) >= 11 is 0. The second kappa shape index (κ2) is 13.8. The highest BCUT2D eigenvalue weighted by Crippen LogP contribution is 2.31. The van der Waals surface area contributed by atoms with E-state index in [-0.39, 0.29) is 57.8 Å². The summed E-state index contributed by atoms with van der Waals surface area (Å²) in [6, 6.07) is 1.43. The van der Waals surface area contributed by atoms with Gasteiger partial charge in [0.05, 0.1) is 11.8 Å². The molecule has 3 N–H and O–H groups in total. The molecule has 0 bridgehead atoms. The van der Waals surface area contributed by atoms with Crippen LogP contribution in [0.2, 0.25) is 0 Å². The van der Waals surface area contributed by atoms with Gasteiger partial charge in [-0.15, -0.1) is 0 Å². The van der Waals surface area contributed by atoms with Crippen molar-refractivity contribution in [3.8, 4) is 17.8 Å². The molecule has 0 radical (unpaired) electrons. The molecule has 196 valence electrons. The van der Waals surface area contributed by atoms with E-state index in [1.807, 2.05) is 13.8 Å². The van der Waals surface area contributed by atoms with Gasteiger partial charge >= 0.3 is 0 Å². The molecule has 0 saturated heterocycles. The fourth-order valence-corrected chi connectivity index (χ4v) is 2.96. The molecule has 0 fully saturated rings. The lowest BCUT2D eigenvalue weighted by Crippen LogP contribution is -1.96. The third kappa shape index (κ3) is 7.52. The highest BCUT2D eigenvalue weighted by Gasteiger charge is 2.22. The minimum Gasteiger partial charge on any atom is -0.480 e. The van der Waals surface area contributed by atoms with E-state index in [2.05, 4.69) is 8.83 Å². The van der Waals surface area contributed by atoms with Crippen molar-refractivity contribution in [1.82, 2.24) is 0 Å². The number of allylic oxidation sites excluding steroid dienone is 2. The first-order valence-corrected chi connectivity index (χ1v) is 10.6. The standard InChI is InChI=1S/C12H14O3.C8H6O5.C6H6O3/c1-4-6-9-10(7-5-2)15-12(14)11(9)8(3)13;1-4(11)7-5(2-9)6(3-10)13-8(7)12;1-4(7)5-2-3-9-6(5)8/h4-7,14H,1-3H3;2-3,12H,1H3;2-3,8H,1H3/b6-4+,7-5+;;. The van der Waals surface area contributed by atoms with E-state index in [0.29, 0.717) is 17.6 Å². The van der Waals surface area contributed by atoms with E-state index in [1.165, 1.54) is 26.2 Å². The van der Waals surface area contributed by atoms with Crippen molar-refractivity contribution in [3.63, 3.8) is 0 Å². The van der Waals surface area contributed by atoms with E-state index in [0.717, 1.165) is 6.92 Å². The molecule has 0 aliphatic heterocycles. The summed E-state index contributed by atoms with van der Waals surface area (Å²) in [6.45, 7) is 7.60. The first kappa shape index (κ1) is 30.1. The van der Waals surface area contributed by atoms with Gasteiger partial charge in [-0.1, -0.05) is 18.2 Å². The van der Waals surface area contributed by atoms with E-state index in [9.17, 15) is 29.1 Å². The zero-order chi connectivity index (χ0) is 28.3. The number of hydrogen-bond acceptors (Lipinski definition) is 11. The molecule has 0 amide bonds. The van der Waals surface area contributed by atoms with Crippen molar-refractivity contribution in [1.29, 1.82) is 0 Å². The summed E-state index contributed by atoms with van der Waals surface area (Å²) in [5, 5.41) is 27.3. The Kier molecular flexibility index (Phi) is 11.3. The van der Waals surface area contributed by atoms with Gasteiger partial charge in [-0.25, -0.2) is 0 Å². The molecule has 0 spiro atoms. The largest absolute Gasteiger partial charge is 0.480 e. The molecule has 0 unspecified atom stereocenters. The van der Waals surface area contributed by atoms with Crippen LogP contribution in [0.5, 0.6) is 17.8 Å². The van der Waals surface area contributed by atoms with Gasteiger partial charge in [-0.3, -0.25) is 24.0 Å². The molecule has 0 aromatic carbocycles. The average molecular weight is 514 g/mol. The smallest absolute Gasteiger partial charge is 0.294 e. The number of Topliss-reactive ketones (excluding diaryl/α,β-unsaturated/α-hetero) is 3. The van der Waals surface area contributed by atoms with E-state index in [1.54, 1.807) is 24.3 Å².